The Bertz CT molecular complexity index is 1370. The van der Waals surface area contributed by atoms with Crippen molar-refractivity contribution in [2.45, 2.75) is 61.9 Å². The fraction of sp³-hybridized carbons (Fsp3) is 0.440. The van der Waals surface area contributed by atoms with Crippen LogP contribution in [-0.2, 0) is 31.6 Å². The smallest absolute Gasteiger partial charge is 0.376 e. The van der Waals surface area contributed by atoms with Crippen LogP contribution in [-0.4, -0.2) is 48.1 Å². The number of carbonyl (C=O) groups excluding carboxylic acids is 2. The number of rotatable bonds is 7. The molecule has 2 amide bonds. The van der Waals surface area contributed by atoms with Crippen molar-refractivity contribution in [2.24, 2.45) is 5.92 Å². The third-order valence-corrected chi connectivity index (χ3v) is 8.68. The summed E-state index contributed by atoms with van der Waals surface area (Å²) in [6.45, 7) is 1.59. The van der Waals surface area contributed by atoms with Crippen molar-refractivity contribution >= 4 is 27.3 Å². The van der Waals surface area contributed by atoms with Crippen LogP contribution < -0.4 is 5.32 Å². The fourth-order valence-corrected chi connectivity index (χ4v) is 5.26. The second-order valence-corrected chi connectivity index (χ2v) is 11.9. The van der Waals surface area contributed by atoms with Gasteiger partial charge in [-0.3, -0.25) is 9.59 Å². The van der Waals surface area contributed by atoms with Gasteiger partial charge in [0.1, 0.15) is 6.04 Å². The fourth-order valence-electron chi connectivity index (χ4n) is 4.32. The average molecular weight is 561 g/mol. The Morgan fingerprint density at radius 3 is 2.18 bits per heavy atom. The molecule has 2 N–H and O–H groups in total. The van der Waals surface area contributed by atoms with E-state index in [1.54, 1.807) is 0 Å². The number of benzene rings is 2. The van der Waals surface area contributed by atoms with E-state index in [0.29, 0.717) is 11.8 Å². The highest BCUT2D eigenvalue weighted by Gasteiger charge is 2.57. The van der Waals surface area contributed by atoms with E-state index < -0.39 is 63.4 Å². The van der Waals surface area contributed by atoms with Crippen LogP contribution in [0.4, 0.5) is 27.6 Å². The highest BCUT2D eigenvalue weighted by atomic mass is 32.2. The summed E-state index contributed by atoms with van der Waals surface area (Å²) in [6, 6.07) is 6.38. The van der Waals surface area contributed by atoms with Crippen molar-refractivity contribution in [1.82, 2.24) is 4.90 Å². The Balaban J connectivity index is 1.66. The number of anilines is 1. The van der Waals surface area contributed by atoms with Crippen LogP contribution in [0.25, 0.3) is 0 Å². The highest BCUT2D eigenvalue weighted by molar-refractivity contribution is 7.91. The number of hydrogen-bond acceptors (Lipinski definition) is 5. The molecule has 1 fully saturated rings. The third-order valence-electron chi connectivity index (χ3n) is 6.95. The van der Waals surface area contributed by atoms with E-state index in [1.165, 1.54) is 25.1 Å². The van der Waals surface area contributed by atoms with Crippen LogP contribution in [0.5, 0.6) is 0 Å². The molecule has 1 saturated carbocycles. The van der Waals surface area contributed by atoms with Crippen LogP contribution in [0.15, 0.2) is 47.4 Å². The van der Waals surface area contributed by atoms with E-state index >= 15 is 0 Å². The standard InChI is InChI=1S/C25H25F5N2O5S/c1-3-38(36,37)18-10-11-19-14(12-18)13-32(22(34)24(26,27)16-4-5-16)20(19)21(33)31-17-8-6-15(7-9-17)23(2,35)25(28,29)30/h6-12,16,20,35H,3-5,13H2,1-2H3,(H,31,33). The van der Waals surface area contributed by atoms with Gasteiger partial charge in [0.25, 0.3) is 11.8 Å². The Hall–Kier alpha value is -3.06. The van der Waals surface area contributed by atoms with Gasteiger partial charge in [0.15, 0.2) is 15.4 Å². The van der Waals surface area contributed by atoms with Gasteiger partial charge in [-0.2, -0.15) is 22.0 Å². The van der Waals surface area contributed by atoms with Crippen LogP contribution in [0.2, 0.25) is 0 Å². The van der Waals surface area contributed by atoms with Crippen LogP contribution in [0, 0.1) is 5.92 Å². The lowest BCUT2D eigenvalue weighted by Crippen LogP contribution is -2.46. The first-order chi connectivity index (χ1) is 17.5. The molecule has 2 aromatic carbocycles. The zero-order chi connectivity index (χ0) is 28.3. The molecule has 4 rings (SSSR count). The molecule has 0 saturated heterocycles. The molecule has 2 aromatic rings. The molecule has 0 radical (unpaired) electrons. The average Bonchev–Trinajstić information content (AvgIpc) is 3.64. The number of nitrogens with zero attached hydrogens (tertiary/aromatic N) is 1. The maximum atomic E-state index is 14.8. The largest absolute Gasteiger partial charge is 0.421 e. The minimum Gasteiger partial charge on any atom is -0.376 e. The van der Waals surface area contributed by atoms with Crippen molar-refractivity contribution in [3.05, 3.63) is 59.2 Å². The predicted molar refractivity (Wildman–Crippen MR) is 126 cm³/mol. The first-order valence-corrected chi connectivity index (χ1v) is 13.4. The van der Waals surface area contributed by atoms with Gasteiger partial charge in [-0.25, -0.2) is 8.42 Å². The van der Waals surface area contributed by atoms with E-state index in [9.17, 15) is 45.1 Å². The first-order valence-electron chi connectivity index (χ1n) is 11.8. The van der Waals surface area contributed by atoms with Gasteiger partial charge >= 0.3 is 12.1 Å². The molecule has 2 unspecified atom stereocenters. The topological polar surface area (TPSA) is 104 Å². The molecule has 1 aliphatic heterocycles. The molecule has 7 nitrogen and oxygen atoms in total. The second kappa shape index (κ2) is 9.30. The maximum Gasteiger partial charge on any atom is 0.421 e. The van der Waals surface area contributed by atoms with Gasteiger partial charge in [-0.15, -0.1) is 0 Å². The first kappa shape index (κ1) is 28.0. The summed E-state index contributed by atoms with van der Waals surface area (Å²) >= 11 is 0. The summed E-state index contributed by atoms with van der Waals surface area (Å²) in [5.74, 6) is -7.55. The molecule has 1 aliphatic carbocycles. The van der Waals surface area contributed by atoms with Gasteiger partial charge in [-0.1, -0.05) is 25.1 Å². The zero-order valence-electron chi connectivity index (χ0n) is 20.4. The SMILES string of the molecule is CCS(=O)(=O)c1ccc2c(c1)CN(C(=O)C(F)(F)C1CC1)C2C(=O)Nc1ccc(C(C)(O)C(F)(F)F)cc1. The number of amides is 2. The lowest BCUT2D eigenvalue weighted by molar-refractivity contribution is -0.258. The summed E-state index contributed by atoms with van der Waals surface area (Å²) in [5, 5.41) is 12.2. The molecule has 206 valence electrons. The number of aliphatic hydroxyl groups is 1. The van der Waals surface area contributed by atoms with Gasteiger partial charge in [0, 0.05) is 18.2 Å². The number of hydrogen-bond donors (Lipinski definition) is 2. The molecule has 13 heteroatoms. The number of sulfone groups is 1. The number of carbonyl (C=O) groups is 2. The second-order valence-electron chi connectivity index (χ2n) is 9.63. The molecule has 38 heavy (non-hydrogen) atoms. The molecule has 2 aliphatic rings. The zero-order valence-corrected chi connectivity index (χ0v) is 21.2. The number of fused-ring (bicyclic) bond motifs is 1. The monoisotopic (exact) mass is 560 g/mol. The van der Waals surface area contributed by atoms with Gasteiger partial charge in [0.2, 0.25) is 0 Å². The molecule has 0 bridgehead atoms. The summed E-state index contributed by atoms with van der Waals surface area (Å²) < 4.78 is 93.6. The van der Waals surface area contributed by atoms with Gasteiger partial charge < -0.3 is 15.3 Å². The molecule has 1 heterocycles. The van der Waals surface area contributed by atoms with Crippen LogP contribution in [0.3, 0.4) is 0 Å². The maximum absolute atomic E-state index is 14.8. The Kier molecular flexibility index (Phi) is 6.84. The summed E-state index contributed by atoms with van der Waals surface area (Å²) in [6.07, 6.45) is -4.64. The number of nitrogens with one attached hydrogen (secondary N) is 1. The Labute approximate surface area is 215 Å². The summed E-state index contributed by atoms with van der Waals surface area (Å²) in [7, 11) is -3.66. The van der Waals surface area contributed by atoms with E-state index in [4.69, 9.17) is 0 Å². The van der Waals surface area contributed by atoms with E-state index in [-0.39, 0.29) is 40.3 Å². The quantitative estimate of drug-likeness (QED) is 0.491. The number of halogens is 5. The molecular formula is C25H25F5N2O5S. The minimum atomic E-state index is -4.96. The highest BCUT2D eigenvalue weighted by Crippen LogP contribution is 2.47. The predicted octanol–water partition coefficient (Wildman–Crippen LogP) is 4.32. The minimum absolute atomic E-state index is 0.00305. The summed E-state index contributed by atoms with van der Waals surface area (Å²) in [5.41, 5.74) is -3.25. The molecule has 2 atom stereocenters. The van der Waals surface area contributed by atoms with Crippen molar-refractivity contribution in [1.29, 1.82) is 0 Å². The van der Waals surface area contributed by atoms with E-state index in [0.717, 1.165) is 24.3 Å². The normalized spacial score (nSPS) is 19.6. The number of alkyl halides is 5. The summed E-state index contributed by atoms with van der Waals surface area (Å²) in [4.78, 5) is 26.8. The van der Waals surface area contributed by atoms with Crippen molar-refractivity contribution in [3.8, 4) is 0 Å². The van der Waals surface area contributed by atoms with Gasteiger partial charge in [0.05, 0.1) is 10.6 Å². The van der Waals surface area contributed by atoms with Crippen molar-refractivity contribution in [3.63, 3.8) is 0 Å². The van der Waals surface area contributed by atoms with E-state index in [1.807, 2.05) is 0 Å². The van der Waals surface area contributed by atoms with E-state index in [2.05, 4.69) is 5.32 Å². The van der Waals surface area contributed by atoms with Crippen molar-refractivity contribution < 1.29 is 45.1 Å². The van der Waals surface area contributed by atoms with Gasteiger partial charge in [-0.05, 0) is 60.7 Å². The van der Waals surface area contributed by atoms with Crippen LogP contribution in [0.1, 0.15) is 49.4 Å². The Morgan fingerprint density at radius 1 is 1.05 bits per heavy atom. The molecular weight excluding hydrogens is 535 g/mol. The van der Waals surface area contributed by atoms with Crippen LogP contribution >= 0.6 is 0 Å². The molecule has 0 spiro atoms. The van der Waals surface area contributed by atoms with Crippen molar-refractivity contribution in [2.75, 3.05) is 11.1 Å². The Morgan fingerprint density at radius 2 is 1.66 bits per heavy atom. The lowest BCUT2D eigenvalue weighted by atomic mass is 9.95. The third kappa shape index (κ3) is 4.89. The lowest BCUT2D eigenvalue weighted by Gasteiger charge is -2.28. The molecule has 0 aromatic heterocycles.